The molecule has 0 unspecified atom stereocenters. The Balaban J connectivity index is 1.22. The number of carbonyl (C=O) groups is 1. The zero-order valence-corrected chi connectivity index (χ0v) is 23.0. The molecular weight excluding hydrogens is 414 g/mol. The van der Waals surface area contributed by atoms with E-state index in [1.807, 2.05) is 11.9 Å². The standard InChI is InChI=1S/C32H57NO/c1-4-6-7-9-26-11-13-28(14-12-26)15-16-29-19-23-31(24-20-29)30-21-17-27(18-22-30)10-8-25-33(3)32(34)5-2/h5,26-31H,2,4,6-25H2,1,3H3. The van der Waals surface area contributed by atoms with E-state index >= 15 is 0 Å². The van der Waals surface area contributed by atoms with Crippen molar-refractivity contribution >= 4 is 5.91 Å². The minimum atomic E-state index is 0.0597. The lowest BCUT2D eigenvalue weighted by Gasteiger charge is -2.38. The van der Waals surface area contributed by atoms with E-state index < -0.39 is 0 Å². The van der Waals surface area contributed by atoms with Gasteiger partial charge in [-0.3, -0.25) is 4.79 Å². The van der Waals surface area contributed by atoms with Crippen molar-refractivity contribution in [3.05, 3.63) is 12.7 Å². The lowest BCUT2D eigenvalue weighted by molar-refractivity contribution is -0.124. The van der Waals surface area contributed by atoms with Crippen LogP contribution in [-0.4, -0.2) is 24.4 Å². The molecule has 0 heterocycles. The molecule has 0 spiro atoms. The smallest absolute Gasteiger partial charge is 0.245 e. The topological polar surface area (TPSA) is 20.3 Å². The summed E-state index contributed by atoms with van der Waals surface area (Å²) >= 11 is 0. The van der Waals surface area contributed by atoms with Gasteiger partial charge >= 0.3 is 0 Å². The Bertz CT molecular complexity index is 562. The van der Waals surface area contributed by atoms with E-state index in [1.54, 1.807) is 0 Å². The summed E-state index contributed by atoms with van der Waals surface area (Å²) in [5, 5.41) is 0. The molecule has 196 valence electrons. The lowest BCUT2D eigenvalue weighted by Crippen LogP contribution is -2.27. The molecular formula is C32H57NO. The zero-order chi connectivity index (χ0) is 24.2. The van der Waals surface area contributed by atoms with Crippen molar-refractivity contribution < 1.29 is 4.79 Å². The van der Waals surface area contributed by atoms with Gasteiger partial charge in [-0.15, -0.1) is 0 Å². The number of rotatable bonds is 13. The molecule has 3 aliphatic carbocycles. The fourth-order valence-electron chi connectivity index (χ4n) is 7.74. The molecule has 3 saturated carbocycles. The van der Waals surface area contributed by atoms with E-state index in [0.29, 0.717) is 0 Å². The Morgan fingerprint density at radius 2 is 1.09 bits per heavy atom. The number of amides is 1. The SMILES string of the molecule is C=CC(=O)N(C)CCCC1CCC(C2CCC(CCC3CCC(CCCCC)CC3)CC2)CC1. The van der Waals surface area contributed by atoms with Crippen LogP contribution >= 0.6 is 0 Å². The molecule has 0 N–H and O–H groups in total. The molecule has 1 amide bonds. The maximum Gasteiger partial charge on any atom is 0.245 e. The summed E-state index contributed by atoms with van der Waals surface area (Å²) in [6.07, 6.45) is 30.8. The number of likely N-dealkylation sites (N-methyl/N-ethyl adjacent to an activating group) is 1. The van der Waals surface area contributed by atoms with Crippen LogP contribution in [0.25, 0.3) is 0 Å². The van der Waals surface area contributed by atoms with Crippen LogP contribution in [0.5, 0.6) is 0 Å². The molecule has 0 aromatic rings. The third-order valence-electron chi connectivity index (χ3n) is 10.3. The quantitative estimate of drug-likeness (QED) is 0.194. The van der Waals surface area contributed by atoms with Gasteiger partial charge in [0.05, 0.1) is 0 Å². The second-order valence-electron chi connectivity index (χ2n) is 12.6. The van der Waals surface area contributed by atoms with E-state index in [2.05, 4.69) is 13.5 Å². The van der Waals surface area contributed by atoms with Crippen LogP contribution in [0.4, 0.5) is 0 Å². The molecule has 0 aliphatic heterocycles. The van der Waals surface area contributed by atoms with Crippen molar-refractivity contribution in [2.75, 3.05) is 13.6 Å². The second-order valence-corrected chi connectivity index (χ2v) is 12.6. The van der Waals surface area contributed by atoms with Crippen molar-refractivity contribution in [1.29, 1.82) is 0 Å². The van der Waals surface area contributed by atoms with Gasteiger partial charge in [0.2, 0.25) is 5.91 Å². The first-order valence-electron chi connectivity index (χ1n) is 15.5. The Hall–Kier alpha value is -0.790. The summed E-state index contributed by atoms with van der Waals surface area (Å²) in [5.41, 5.74) is 0. The van der Waals surface area contributed by atoms with E-state index in [-0.39, 0.29) is 5.91 Å². The molecule has 0 radical (unpaired) electrons. The molecule has 0 aromatic heterocycles. The lowest BCUT2D eigenvalue weighted by atomic mass is 9.68. The van der Waals surface area contributed by atoms with Crippen molar-refractivity contribution in [3.63, 3.8) is 0 Å². The highest BCUT2D eigenvalue weighted by atomic mass is 16.2. The average Bonchev–Trinajstić information content (AvgIpc) is 2.88. The average molecular weight is 472 g/mol. The first kappa shape index (κ1) is 27.8. The van der Waals surface area contributed by atoms with Crippen molar-refractivity contribution in [2.45, 2.75) is 135 Å². The molecule has 0 saturated heterocycles. The summed E-state index contributed by atoms with van der Waals surface area (Å²) in [6, 6.07) is 0. The van der Waals surface area contributed by atoms with Crippen LogP contribution in [-0.2, 0) is 4.79 Å². The Morgan fingerprint density at radius 3 is 1.53 bits per heavy atom. The van der Waals surface area contributed by atoms with Gasteiger partial charge in [0.15, 0.2) is 0 Å². The number of hydrogen-bond donors (Lipinski definition) is 0. The Labute approximate surface area is 212 Å². The maximum absolute atomic E-state index is 11.6. The Kier molecular flexibility index (Phi) is 12.5. The molecule has 0 bridgehead atoms. The third kappa shape index (κ3) is 9.34. The van der Waals surface area contributed by atoms with Crippen LogP contribution in [0.2, 0.25) is 0 Å². The summed E-state index contributed by atoms with van der Waals surface area (Å²) in [5.74, 6) is 6.19. The fraction of sp³-hybridized carbons (Fsp3) is 0.906. The number of carbonyl (C=O) groups excluding carboxylic acids is 1. The zero-order valence-electron chi connectivity index (χ0n) is 23.0. The van der Waals surface area contributed by atoms with E-state index in [1.165, 1.54) is 128 Å². The van der Waals surface area contributed by atoms with Gasteiger partial charge in [0, 0.05) is 13.6 Å². The minimum Gasteiger partial charge on any atom is -0.342 e. The molecule has 3 fully saturated rings. The van der Waals surface area contributed by atoms with Crippen LogP contribution in [0.1, 0.15) is 135 Å². The summed E-state index contributed by atoms with van der Waals surface area (Å²) in [6.45, 7) is 6.80. The summed E-state index contributed by atoms with van der Waals surface area (Å²) < 4.78 is 0. The highest BCUT2D eigenvalue weighted by Gasteiger charge is 2.31. The van der Waals surface area contributed by atoms with Crippen LogP contribution in [0.3, 0.4) is 0 Å². The molecule has 2 nitrogen and oxygen atoms in total. The normalized spacial score (nSPS) is 32.3. The molecule has 3 rings (SSSR count). The summed E-state index contributed by atoms with van der Waals surface area (Å²) in [7, 11) is 1.90. The van der Waals surface area contributed by atoms with Crippen molar-refractivity contribution in [2.24, 2.45) is 35.5 Å². The number of hydrogen-bond acceptors (Lipinski definition) is 1. The second kappa shape index (κ2) is 15.4. The monoisotopic (exact) mass is 471 g/mol. The van der Waals surface area contributed by atoms with E-state index in [4.69, 9.17) is 0 Å². The first-order chi connectivity index (χ1) is 16.6. The first-order valence-corrected chi connectivity index (χ1v) is 15.5. The van der Waals surface area contributed by atoms with Crippen molar-refractivity contribution in [1.82, 2.24) is 4.90 Å². The molecule has 34 heavy (non-hydrogen) atoms. The maximum atomic E-state index is 11.6. The van der Waals surface area contributed by atoms with Crippen LogP contribution in [0, 0.1) is 35.5 Å². The third-order valence-corrected chi connectivity index (χ3v) is 10.3. The molecule has 2 heteroatoms. The summed E-state index contributed by atoms with van der Waals surface area (Å²) in [4.78, 5) is 13.4. The van der Waals surface area contributed by atoms with Crippen molar-refractivity contribution in [3.8, 4) is 0 Å². The van der Waals surface area contributed by atoms with Gasteiger partial charge in [-0.2, -0.15) is 0 Å². The highest BCUT2D eigenvalue weighted by Crippen LogP contribution is 2.44. The molecule has 0 atom stereocenters. The molecule has 3 aliphatic rings. The minimum absolute atomic E-state index is 0.0597. The predicted molar refractivity (Wildman–Crippen MR) is 147 cm³/mol. The van der Waals surface area contributed by atoms with Gasteiger partial charge in [-0.1, -0.05) is 103 Å². The molecule has 0 aromatic carbocycles. The number of unbranched alkanes of at least 4 members (excludes halogenated alkanes) is 2. The Morgan fingerprint density at radius 1 is 0.676 bits per heavy atom. The van der Waals surface area contributed by atoms with Gasteiger partial charge in [-0.25, -0.2) is 0 Å². The van der Waals surface area contributed by atoms with Gasteiger partial charge < -0.3 is 4.90 Å². The van der Waals surface area contributed by atoms with Gasteiger partial charge in [0.25, 0.3) is 0 Å². The van der Waals surface area contributed by atoms with Crippen LogP contribution < -0.4 is 0 Å². The highest BCUT2D eigenvalue weighted by molar-refractivity contribution is 5.86. The van der Waals surface area contributed by atoms with Gasteiger partial charge in [0.1, 0.15) is 0 Å². The fourth-order valence-corrected chi connectivity index (χ4v) is 7.74. The van der Waals surface area contributed by atoms with Gasteiger partial charge in [-0.05, 0) is 80.1 Å². The largest absolute Gasteiger partial charge is 0.342 e. The van der Waals surface area contributed by atoms with E-state index in [0.717, 1.165) is 48.5 Å². The number of nitrogens with zero attached hydrogens (tertiary/aromatic N) is 1. The van der Waals surface area contributed by atoms with E-state index in [9.17, 15) is 4.79 Å². The van der Waals surface area contributed by atoms with Crippen LogP contribution in [0.15, 0.2) is 12.7 Å². The predicted octanol–water partition coefficient (Wildman–Crippen LogP) is 9.19.